The van der Waals surface area contributed by atoms with Crippen molar-refractivity contribution in [3.05, 3.63) is 12.2 Å². The second-order valence-corrected chi connectivity index (χ2v) is 11.8. The van der Waals surface area contributed by atoms with Gasteiger partial charge in [0.1, 0.15) is 23.5 Å². The predicted octanol–water partition coefficient (Wildman–Crippen LogP) is 0.640. The van der Waals surface area contributed by atoms with Crippen molar-refractivity contribution in [2.45, 2.75) is 95.8 Å². The first kappa shape index (κ1) is 31.9. The van der Waals surface area contributed by atoms with E-state index in [2.05, 4.69) is 25.6 Å². The smallest absolute Gasteiger partial charge is 0.409 e. The van der Waals surface area contributed by atoms with E-state index in [0.717, 1.165) is 38.5 Å². The summed E-state index contributed by atoms with van der Waals surface area (Å²) in [5.74, 6) is 0.784. The minimum atomic E-state index is -1.40. The summed E-state index contributed by atoms with van der Waals surface area (Å²) in [6, 6.07) is 0.0935. The summed E-state index contributed by atoms with van der Waals surface area (Å²) >= 11 is 0. The molecule has 4 aliphatic rings. The number of hydrogen-bond donors (Lipinski definition) is 5. The van der Waals surface area contributed by atoms with Crippen molar-refractivity contribution < 1.29 is 34.1 Å². The quantitative estimate of drug-likeness (QED) is 0.264. The number of aromatic nitrogens is 4. The van der Waals surface area contributed by atoms with Gasteiger partial charge in [0.25, 0.3) is 5.91 Å². The van der Waals surface area contributed by atoms with Crippen LogP contribution in [-0.4, -0.2) is 103 Å². The Morgan fingerprint density at radius 1 is 1.14 bits per heavy atom. The number of fused-ring (bicyclic) bond motifs is 1. The molecule has 6 rings (SSSR count). The second-order valence-electron chi connectivity index (χ2n) is 11.8. The van der Waals surface area contributed by atoms with Crippen LogP contribution in [0.4, 0.5) is 10.6 Å². The number of amides is 3. The van der Waals surface area contributed by atoms with Crippen LogP contribution >= 0.6 is 0 Å². The zero-order valence-corrected chi connectivity index (χ0v) is 25.4. The number of hydrogen-bond acceptors (Lipinski definition) is 11. The fourth-order valence-electron chi connectivity index (χ4n) is 5.92. The van der Waals surface area contributed by atoms with Crippen molar-refractivity contribution in [3.63, 3.8) is 0 Å². The SMILES string of the molecule is CC.Nc1nc(CCCC2CCN(C(=O)OCC3CNC(=O)C3)CC2)nc2c1ncn2[C@@H]1O[C@H](C(=O)NC2CC2)[C@H](O)C1O. The highest BCUT2D eigenvalue weighted by molar-refractivity contribution is 5.83. The molecule has 3 amide bonds. The molecule has 0 aromatic carbocycles. The molecule has 15 heteroatoms. The van der Waals surface area contributed by atoms with Crippen molar-refractivity contribution >= 4 is 34.9 Å². The highest BCUT2D eigenvalue weighted by Crippen LogP contribution is 2.33. The van der Waals surface area contributed by atoms with E-state index < -0.39 is 30.4 Å². The zero-order chi connectivity index (χ0) is 31.4. The molecule has 5 atom stereocenters. The van der Waals surface area contributed by atoms with Crippen LogP contribution in [0.15, 0.2) is 6.33 Å². The first-order chi connectivity index (χ1) is 21.3. The monoisotopic (exact) mass is 616 g/mol. The van der Waals surface area contributed by atoms with Crippen LogP contribution in [-0.2, 0) is 25.5 Å². The van der Waals surface area contributed by atoms with Crippen LogP contribution in [0.5, 0.6) is 0 Å². The Morgan fingerprint density at radius 2 is 1.89 bits per heavy atom. The fourth-order valence-corrected chi connectivity index (χ4v) is 5.92. The largest absolute Gasteiger partial charge is 0.449 e. The summed E-state index contributed by atoms with van der Waals surface area (Å²) in [6.45, 7) is 6.08. The Kier molecular flexibility index (Phi) is 10.2. The molecule has 0 spiro atoms. The summed E-state index contributed by atoms with van der Waals surface area (Å²) in [6.07, 6.45) is 2.36. The molecule has 0 radical (unpaired) electrons. The molecule has 2 unspecified atom stereocenters. The van der Waals surface area contributed by atoms with Crippen LogP contribution in [0.2, 0.25) is 0 Å². The summed E-state index contributed by atoms with van der Waals surface area (Å²) in [4.78, 5) is 51.3. The van der Waals surface area contributed by atoms with Gasteiger partial charge in [-0.25, -0.2) is 19.7 Å². The molecule has 15 nitrogen and oxygen atoms in total. The van der Waals surface area contributed by atoms with Gasteiger partial charge in [0.2, 0.25) is 5.91 Å². The Labute approximate surface area is 255 Å². The van der Waals surface area contributed by atoms with Crippen molar-refractivity contribution in [1.29, 1.82) is 0 Å². The number of likely N-dealkylation sites (tertiary alicyclic amines) is 1. The molecule has 2 aromatic rings. The molecular formula is C29H44N8O7. The topological polar surface area (TPSA) is 207 Å². The number of aryl methyl sites for hydroxylation is 1. The van der Waals surface area contributed by atoms with E-state index in [1.807, 2.05) is 13.8 Å². The number of rotatable bonds is 9. The van der Waals surface area contributed by atoms with Gasteiger partial charge in [0, 0.05) is 44.4 Å². The maximum absolute atomic E-state index is 12.5. The van der Waals surface area contributed by atoms with E-state index in [-0.39, 0.29) is 36.4 Å². The number of ether oxygens (including phenoxy) is 2. The van der Waals surface area contributed by atoms with Gasteiger partial charge in [-0.15, -0.1) is 0 Å². The highest BCUT2D eigenvalue weighted by Gasteiger charge is 2.48. The first-order valence-electron chi connectivity index (χ1n) is 15.8. The minimum Gasteiger partial charge on any atom is -0.449 e. The van der Waals surface area contributed by atoms with Gasteiger partial charge in [0.05, 0.1) is 12.9 Å². The molecule has 1 aliphatic carbocycles. The number of nitrogens with one attached hydrogen (secondary N) is 2. The molecule has 44 heavy (non-hydrogen) atoms. The van der Waals surface area contributed by atoms with Gasteiger partial charge in [-0.05, 0) is 44.4 Å². The molecule has 6 N–H and O–H groups in total. The van der Waals surface area contributed by atoms with Gasteiger partial charge < -0.3 is 41.0 Å². The lowest BCUT2D eigenvalue weighted by Gasteiger charge is -2.31. The molecular weight excluding hydrogens is 572 g/mol. The predicted molar refractivity (Wildman–Crippen MR) is 158 cm³/mol. The summed E-state index contributed by atoms with van der Waals surface area (Å²) in [7, 11) is 0. The number of carbonyl (C=O) groups excluding carboxylic acids is 3. The summed E-state index contributed by atoms with van der Waals surface area (Å²) in [5.41, 5.74) is 6.90. The standard InChI is InChI=1S/C27H38N8O7.C2H6/c28-23-19-24(35(13-30-19)26-21(38)20(37)22(42-26)25(39)31-16-4-5-16)33-17(32-23)3-1-2-14-6-8-34(9-7-14)27(40)41-12-15-10-18(36)29-11-15;1-2/h13-16,20-22,26,37-38H,1-12H2,(H,29,36)(H,31,39)(H2,28,32,33);1-2H3/t15?,20-,21?,22+,26-;/m1./s1. The van der Waals surface area contributed by atoms with Gasteiger partial charge in [-0.3, -0.25) is 14.2 Å². The maximum Gasteiger partial charge on any atom is 0.409 e. The molecule has 4 fully saturated rings. The van der Waals surface area contributed by atoms with Crippen LogP contribution in [0.1, 0.15) is 70.8 Å². The summed E-state index contributed by atoms with van der Waals surface area (Å²) < 4.78 is 12.7. The number of carbonyl (C=O) groups is 3. The van der Waals surface area contributed by atoms with E-state index in [4.69, 9.17) is 15.2 Å². The molecule has 242 valence electrons. The first-order valence-corrected chi connectivity index (χ1v) is 15.8. The van der Waals surface area contributed by atoms with Crippen LogP contribution in [0.25, 0.3) is 11.2 Å². The van der Waals surface area contributed by atoms with E-state index in [0.29, 0.717) is 55.4 Å². The maximum atomic E-state index is 12.5. The van der Waals surface area contributed by atoms with Crippen molar-refractivity contribution in [1.82, 2.24) is 35.1 Å². The third-order valence-electron chi connectivity index (χ3n) is 8.58. The molecule has 3 saturated heterocycles. The van der Waals surface area contributed by atoms with Gasteiger partial charge in [-0.2, -0.15) is 0 Å². The number of anilines is 1. The van der Waals surface area contributed by atoms with E-state index >= 15 is 0 Å². The summed E-state index contributed by atoms with van der Waals surface area (Å²) in [5, 5.41) is 26.8. The molecule has 0 bridgehead atoms. The Bertz CT molecular complexity index is 1330. The van der Waals surface area contributed by atoms with E-state index in [9.17, 15) is 24.6 Å². The van der Waals surface area contributed by atoms with Crippen LogP contribution in [0.3, 0.4) is 0 Å². The Morgan fingerprint density at radius 3 is 2.57 bits per heavy atom. The number of nitrogens with two attached hydrogens (primary N) is 1. The van der Waals surface area contributed by atoms with Crippen molar-refractivity contribution in [2.24, 2.45) is 11.8 Å². The van der Waals surface area contributed by atoms with Gasteiger partial charge in [-0.1, -0.05) is 13.8 Å². The minimum absolute atomic E-state index is 0.0000373. The molecule has 2 aromatic heterocycles. The number of aliphatic hydroxyl groups excluding tert-OH is 2. The molecule has 1 saturated carbocycles. The average molecular weight is 617 g/mol. The number of nitrogens with zero attached hydrogens (tertiary/aromatic N) is 5. The van der Waals surface area contributed by atoms with Crippen molar-refractivity contribution in [2.75, 3.05) is 32.0 Å². The third kappa shape index (κ3) is 7.21. The second kappa shape index (κ2) is 14.0. The lowest BCUT2D eigenvalue weighted by atomic mass is 9.91. The van der Waals surface area contributed by atoms with Gasteiger partial charge >= 0.3 is 6.09 Å². The average Bonchev–Trinajstić information content (AvgIpc) is 3.44. The Hall–Kier alpha value is -3.56. The number of imidazole rings is 1. The zero-order valence-electron chi connectivity index (χ0n) is 25.4. The molecule has 3 aliphatic heterocycles. The lowest BCUT2D eigenvalue weighted by Crippen LogP contribution is -2.43. The van der Waals surface area contributed by atoms with Crippen LogP contribution in [0, 0.1) is 11.8 Å². The van der Waals surface area contributed by atoms with E-state index in [1.165, 1.54) is 10.9 Å². The highest BCUT2D eigenvalue weighted by atomic mass is 16.6. The molecule has 5 heterocycles. The Balaban J connectivity index is 0.00000188. The van der Waals surface area contributed by atoms with Crippen molar-refractivity contribution in [3.8, 4) is 0 Å². The van der Waals surface area contributed by atoms with E-state index in [1.54, 1.807) is 4.90 Å². The lowest BCUT2D eigenvalue weighted by molar-refractivity contribution is -0.137. The van der Waals surface area contributed by atoms with Gasteiger partial charge in [0.15, 0.2) is 23.8 Å². The van der Waals surface area contributed by atoms with Crippen LogP contribution < -0.4 is 16.4 Å². The number of piperidine rings is 1. The third-order valence-corrected chi connectivity index (χ3v) is 8.58. The number of nitrogen functional groups attached to an aromatic ring is 1. The fraction of sp³-hybridized carbons (Fsp3) is 0.724. The normalized spacial score (nSPS) is 27.1. The number of aliphatic hydroxyl groups is 2.